The lowest BCUT2D eigenvalue weighted by Gasteiger charge is -2.22. The molecule has 0 saturated carbocycles. The first-order chi connectivity index (χ1) is 17.2. The second-order valence-corrected chi connectivity index (χ2v) is 10.8. The van der Waals surface area contributed by atoms with Crippen molar-refractivity contribution in [1.82, 2.24) is 4.90 Å². The number of alkyl halides is 2. The van der Waals surface area contributed by atoms with Crippen LogP contribution < -0.4 is 0 Å². The topological polar surface area (TPSA) is 77.8 Å². The van der Waals surface area contributed by atoms with Crippen molar-refractivity contribution in [3.8, 4) is 0 Å². The van der Waals surface area contributed by atoms with E-state index in [-0.39, 0.29) is 17.3 Å². The van der Waals surface area contributed by atoms with Crippen molar-refractivity contribution in [3.05, 3.63) is 69.9 Å². The number of benzene rings is 1. The summed E-state index contributed by atoms with van der Waals surface area (Å²) in [6.45, 7) is 2.10. The fourth-order valence-electron chi connectivity index (χ4n) is 4.53. The second-order valence-electron chi connectivity index (χ2n) is 9.59. The van der Waals surface area contributed by atoms with Crippen LogP contribution in [0.3, 0.4) is 0 Å². The number of aromatic carboxylic acids is 1. The maximum atomic E-state index is 14.2. The Bertz CT molecular complexity index is 1020. The van der Waals surface area contributed by atoms with E-state index in [1.165, 1.54) is 16.5 Å². The molecule has 0 bridgehead atoms. The van der Waals surface area contributed by atoms with Crippen LogP contribution in [0.1, 0.15) is 65.6 Å². The number of carboxylic acids is 1. The molecular formula is C28H35F2NO4S. The SMILES string of the molecule is C[C@@H](CCCCCc1ccccc1)[C@@H](O)C=C[C@H]1CC(F)(F)C(=O)N1CCCc1ccc(C(=O)O)s1. The van der Waals surface area contributed by atoms with Gasteiger partial charge in [0.15, 0.2) is 0 Å². The zero-order chi connectivity index (χ0) is 26.1. The molecular weight excluding hydrogens is 484 g/mol. The minimum absolute atomic E-state index is 0.00806. The summed E-state index contributed by atoms with van der Waals surface area (Å²) in [6, 6.07) is 12.8. The third-order valence-corrected chi connectivity index (χ3v) is 7.85. The summed E-state index contributed by atoms with van der Waals surface area (Å²) in [5.74, 6) is -5.60. The van der Waals surface area contributed by atoms with Gasteiger partial charge in [-0.1, -0.05) is 62.2 Å². The standard InChI is InChI=1S/C28H35F2NO4S/c1-20(9-4-2-5-10-21-11-6-3-7-12-21)24(32)16-14-22-19-28(29,30)27(35)31(22)18-8-13-23-15-17-25(36-23)26(33)34/h3,6-7,11-12,14-17,20,22,24,32H,2,4-5,8-10,13,18-19H2,1H3,(H,33,34)/t20-,22-,24-/m0/s1. The number of aliphatic hydroxyl groups excluding tert-OH is 1. The molecule has 1 saturated heterocycles. The van der Waals surface area contributed by atoms with Crippen molar-refractivity contribution in [1.29, 1.82) is 0 Å². The summed E-state index contributed by atoms with van der Waals surface area (Å²) in [7, 11) is 0. The first kappa shape index (κ1) is 28.0. The van der Waals surface area contributed by atoms with Crippen LogP contribution in [0.15, 0.2) is 54.6 Å². The molecule has 0 aliphatic carbocycles. The van der Waals surface area contributed by atoms with Crippen LogP contribution in [0.2, 0.25) is 0 Å². The van der Waals surface area contributed by atoms with Gasteiger partial charge in [-0.15, -0.1) is 11.3 Å². The van der Waals surface area contributed by atoms with Gasteiger partial charge < -0.3 is 15.1 Å². The Morgan fingerprint density at radius 2 is 1.89 bits per heavy atom. The largest absolute Gasteiger partial charge is 0.477 e. The summed E-state index contributed by atoms with van der Waals surface area (Å²) in [6.07, 6.45) is 7.70. The Hall–Kier alpha value is -2.58. The highest BCUT2D eigenvalue weighted by Crippen LogP contribution is 2.34. The Labute approximate surface area is 215 Å². The molecule has 3 rings (SSSR count). The number of halogens is 2. The molecule has 1 aromatic carbocycles. The highest BCUT2D eigenvalue weighted by molar-refractivity contribution is 7.13. The lowest BCUT2D eigenvalue weighted by Crippen LogP contribution is -2.36. The first-order valence-electron chi connectivity index (χ1n) is 12.6. The van der Waals surface area contributed by atoms with Crippen molar-refractivity contribution < 1.29 is 28.6 Å². The molecule has 3 atom stereocenters. The Kier molecular flexibility index (Phi) is 10.2. The molecule has 5 nitrogen and oxygen atoms in total. The summed E-state index contributed by atoms with van der Waals surface area (Å²) < 4.78 is 28.3. The maximum absolute atomic E-state index is 14.2. The number of thiophene rings is 1. The van der Waals surface area contributed by atoms with Gasteiger partial charge in [-0.3, -0.25) is 4.79 Å². The van der Waals surface area contributed by atoms with E-state index in [2.05, 4.69) is 12.1 Å². The van der Waals surface area contributed by atoms with Crippen molar-refractivity contribution in [3.63, 3.8) is 0 Å². The van der Waals surface area contributed by atoms with Gasteiger partial charge >= 0.3 is 11.9 Å². The predicted octanol–water partition coefficient (Wildman–Crippen LogP) is 5.97. The van der Waals surface area contributed by atoms with Gasteiger partial charge in [0.05, 0.1) is 12.1 Å². The summed E-state index contributed by atoms with van der Waals surface area (Å²) >= 11 is 1.15. The van der Waals surface area contributed by atoms with Gasteiger partial charge in [0.2, 0.25) is 0 Å². The number of unbranched alkanes of at least 4 members (excludes halogenated alkanes) is 2. The molecule has 1 aliphatic heterocycles. The number of aliphatic hydroxyl groups is 1. The van der Waals surface area contributed by atoms with E-state index in [0.29, 0.717) is 12.8 Å². The number of carbonyl (C=O) groups is 2. The lowest BCUT2D eigenvalue weighted by molar-refractivity contribution is -0.148. The molecule has 0 unspecified atom stereocenters. The summed E-state index contributed by atoms with van der Waals surface area (Å²) in [4.78, 5) is 25.5. The first-order valence-corrected chi connectivity index (χ1v) is 13.4. The van der Waals surface area contributed by atoms with Crippen LogP contribution in [0, 0.1) is 5.92 Å². The van der Waals surface area contributed by atoms with E-state index in [9.17, 15) is 23.5 Å². The smallest absolute Gasteiger partial charge is 0.345 e. The van der Waals surface area contributed by atoms with E-state index in [0.717, 1.165) is 48.3 Å². The van der Waals surface area contributed by atoms with Crippen LogP contribution >= 0.6 is 11.3 Å². The Morgan fingerprint density at radius 3 is 2.58 bits per heavy atom. The van der Waals surface area contributed by atoms with Crippen molar-refractivity contribution in [2.75, 3.05) is 6.54 Å². The van der Waals surface area contributed by atoms with E-state index in [1.807, 2.05) is 25.1 Å². The number of rotatable bonds is 14. The average Bonchev–Trinajstić information content (AvgIpc) is 3.41. The zero-order valence-corrected chi connectivity index (χ0v) is 21.4. The van der Waals surface area contributed by atoms with Crippen molar-refractivity contribution in [2.45, 2.75) is 76.4 Å². The van der Waals surface area contributed by atoms with Gasteiger partial charge in [0, 0.05) is 17.8 Å². The molecule has 0 spiro atoms. The minimum atomic E-state index is -3.41. The lowest BCUT2D eigenvalue weighted by atomic mass is 9.95. The van der Waals surface area contributed by atoms with Gasteiger partial charge in [0.25, 0.3) is 5.91 Å². The van der Waals surface area contributed by atoms with E-state index in [4.69, 9.17) is 5.11 Å². The van der Waals surface area contributed by atoms with Gasteiger partial charge in [0.1, 0.15) is 4.88 Å². The third-order valence-electron chi connectivity index (χ3n) is 6.72. The minimum Gasteiger partial charge on any atom is -0.477 e. The quantitative estimate of drug-likeness (QED) is 0.238. The molecule has 8 heteroatoms. The monoisotopic (exact) mass is 519 g/mol. The van der Waals surface area contributed by atoms with Crippen LogP contribution in [-0.4, -0.2) is 51.6 Å². The normalized spacial score (nSPS) is 19.2. The number of carbonyl (C=O) groups excluding carboxylic acids is 1. The number of aryl methyl sites for hydroxylation is 2. The predicted molar refractivity (Wildman–Crippen MR) is 138 cm³/mol. The van der Waals surface area contributed by atoms with E-state index < -0.39 is 36.4 Å². The fourth-order valence-corrected chi connectivity index (χ4v) is 5.42. The van der Waals surface area contributed by atoms with Crippen LogP contribution in [0.4, 0.5) is 8.78 Å². The number of hydrogen-bond acceptors (Lipinski definition) is 4. The molecule has 196 valence electrons. The van der Waals surface area contributed by atoms with Crippen LogP contribution in [0.5, 0.6) is 0 Å². The molecule has 2 heterocycles. The average molecular weight is 520 g/mol. The van der Waals surface area contributed by atoms with E-state index in [1.54, 1.807) is 18.2 Å². The number of likely N-dealkylation sites (tertiary alicyclic amines) is 1. The molecule has 2 aromatic rings. The zero-order valence-electron chi connectivity index (χ0n) is 20.6. The molecule has 2 N–H and O–H groups in total. The van der Waals surface area contributed by atoms with E-state index >= 15 is 0 Å². The fraction of sp³-hybridized carbons (Fsp3) is 0.500. The van der Waals surface area contributed by atoms with Crippen molar-refractivity contribution in [2.24, 2.45) is 5.92 Å². The Morgan fingerprint density at radius 1 is 1.14 bits per heavy atom. The number of amides is 1. The number of hydrogen-bond donors (Lipinski definition) is 2. The number of nitrogens with zero attached hydrogens (tertiary/aromatic N) is 1. The maximum Gasteiger partial charge on any atom is 0.345 e. The molecule has 1 aromatic heterocycles. The highest BCUT2D eigenvalue weighted by atomic mass is 32.1. The van der Waals surface area contributed by atoms with Crippen LogP contribution in [-0.2, 0) is 17.6 Å². The molecule has 36 heavy (non-hydrogen) atoms. The highest BCUT2D eigenvalue weighted by Gasteiger charge is 2.52. The molecule has 1 amide bonds. The molecule has 0 radical (unpaired) electrons. The number of carboxylic acid groups (broad SMARTS) is 1. The second kappa shape index (κ2) is 13.1. The van der Waals surface area contributed by atoms with Crippen molar-refractivity contribution >= 4 is 23.2 Å². The van der Waals surface area contributed by atoms with Gasteiger partial charge in [-0.25, -0.2) is 4.79 Å². The van der Waals surface area contributed by atoms with Crippen LogP contribution in [0.25, 0.3) is 0 Å². The Balaban J connectivity index is 1.44. The summed E-state index contributed by atoms with van der Waals surface area (Å²) in [5, 5.41) is 19.6. The van der Waals surface area contributed by atoms with Gasteiger partial charge in [-0.2, -0.15) is 8.78 Å². The molecule has 1 aliphatic rings. The summed E-state index contributed by atoms with van der Waals surface area (Å²) in [5.41, 5.74) is 1.32. The molecule has 1 fully saturated rings. The van der Waals surface area contributed by atoms with Gasteiger partial charge in [-0.05, 0) is 55.7 Å². The third kappa shape index (κ3) is 7.96.